The molecule has 5 heteroatoms. The van der Waals surface area contributed by atoms with Gasteiger partial charge < -0.3 is 14.6 Å². The molecular formula is C20H21N3O2. The van der Waals surface area contributed by atoms with E-state index in [4.69, 9.17) is 4.42 Å². The minimum atomic E-state index is 0.0703. The number of hydrogen-bond donors (Lipinski definition) is 1. The minimum absolute atomic E-state index is 0.0703. The molecule has 0 radical (unpaired) electrons. The average molecular weight is 335 g/mol. The largest absolute Gasteiger partial charge is 0.463 e. The van der Waals surface area contributed by atoms with Gasteiger partial charge in [-0.15, -0.1) is 0 Å². The third-order valence-electron chi connectivity index (χ3n) is 4.91. The minimum Gasteiger partial charge on any atom is -0.463 e. The molecule has 1 aliphatic heterocycles. The first-order chi connectivity index (χ1) is 12.3. The normalized spacial score (nSPS) is 15.6. The number of nitrogens with one attached hydrogen (secondary N) is 1. The van der Waals surface area contributed by atoms with Gasteiger partial charge in [0.2, 0.25) is 0 Å². The topological polar surface area (TPSA) is 58.4 Å². The molecule has 5 nitrogen and oxygen atoms in total. The number of aromatic nitrogens is 1. The van der Waals surface area contributed by atoms with Gasteiger partial charge in [0, 0.05) is 24.5 Å². The molecule has 1 amide bonds. The van der Waals surface area contributed by atoms with E-state index in [1.54, 1.807) is 6.26 Å². The third-order valence-corrected chi connectivity index (χ3v) is 4.91. The standard InChI is InChI=1S/C20H21N3O2/c1-21-14-8-10-23(11-9-14)20(24)16-13-18(19-7-4-12-25-19)22-17-6-3-2-5-15(16)17/h2-7,12-14,21H,8-11H2,1H3. The van der Waals surface area contributed by atoms with Crippen LogP contribution < -0.4 is 5.32 Å². The van der Waals surface area contributed by atoms with E-state index in [0.29, 0.717) is 23.1 Å². The summed E-state index contributed by atoms with van der Waals surface area (Å²) in [6, 6.07) is 13.8. The van der Waals surface area contributed by atoms with Gasteiger partial charge in [-0.1, -0.05) is 18.2 Å². The molecule has 25 heavy (non-hydrogen) atoms. The summed E-state index contributed by atoms with van der Waals surface area (Å²) in [5, 5.41) is 4.19. The molecule has 0 aliphatic carbocycles. The Bertz CT molecular complexity index is 881. The van der Waals surface area contributed by atoms with Crippen molar-refractivity contribution >= 4 is 16.8 Å². The lowest BCUT2D eigenvalue weighted by molar-refractivity contribution is 0.0709. The van der Waals surface area contributed by atoms with Crippen molar-refractivity contribution in [2.24, 2.45) is 0 Å². The number of piperidine rings is 1. The summed E-state index contributed by atoms with van der Waals surface area (Å²) in [4.78, 5) is 19.8. The molecule has 4 rings (SSSR count). The summed E-state index contributed by atoms with van der Waals surface area (Å²) < 4.78 is 5.48. The van der Waals surface area contributed by atoms with E-state index in [-0.39, 0.29) is 5.91 Å². The van der Waals surface area contributed by atoms with Crippen LogP contribution in [0.25, 0.3) is 22.4 Å². The van der Waals surface area contributed by atoms with Crippen molar-refractivity contribution in [3.63, 3.8) is 0 Å². The maximum atomic E-state index is 13.2. The number of rotatable bonds is 3. The molecular weight excluding hydrogens is 314 g/mol. The molecule has 0 saturated carbocycles. The number of carbonyl (C=O) groups excluding carboxylic acids is 1. The summed E-state index contributed by atoms with van der Waals surface area (Å²) in [6.07, 6.45) is 3.59. The monoisotopic (exact) mass is 335 g/mol. The molecule has 1 aromatic carbocycles. The number of carbonyl (C=O) groups is 1. The van der Waals surface area contributed by atoms with Gasteiger partial charge in [-0.2, -0.15) is 0 Å². The first kappa shape index (κ1) is 15.8. The maximum absolute atomic E-state index is 13.2. The molecule has 2 aromatic heterocycles. The lowest BCUT2D eigenvalue weighted by Crippen LogP contribution is -2.44. The van der Waals surface area contributed by atoms with Gasteiger partial charge in [-0.3, -0.25) is 4.79 Å². The second-order valence-corrected chi connectivity index (χ2v) is 6.40. The van der Waals surface area contributed by atoms with Gasteiger partial charge in [0.1, 0.15) is 5.69 Å². The van der Waals surface area contributed by atoms with Crippen molar-refractivity contribution in [1.29, 1.82) is 0 Å². The van der Waals surface area contributed by atoms with Crippen molar-refractivity contribution in [2.75, 3.05) is 20.1 Å². The Labute approximate surface area is 146 Å². The van der Waals surface area contributed by atoms with Crippen LogP contribution in [0.4, 0.5) is 0 Å². The Morgan fingerprint density at radius 3 is 2.72 bits per heavy atom. The summed E-state index contributed by atoms with van der Waals surface area (Å²) in [5.41, 5.74) is 2.20. The first-order valence-electron chi connectivity index (χ1n) is 8.66. The van der Waals surface area contributed by atoms with Crippen LogP contribution in [0.1, 0.15) is 23.2 Å². The fourth-order valence-corrected chi connectivity index (χ4v) is 3.44. The quantitative estimate of drug-likeness (QED) is 0.798. The molecule has 128 valence electrons. The van der Waals surface area contributed by atoms with Gasteiger partial charge in [0.15, 0.2) is 5.76 Å². The summed E-state index contributed by atoms with van der Waals surface area (Å²) >= 11 is 0. The fourth-order valence-electron chi connectivity index (χ4n) is 3.44. The van der Waals surface area contributed by atoms with Gasteiger partial charge in [-0.25, -0.2) is 4.98 Å². The molecule has 1 saturated heterocycles. The Hall–Kier alpha value is -2.66. The Morgan fingerprint density at radius 1 is 1.20 bits per heavy atom. The number of amides is 1. The summed E-state index contributed by atoms with van der Waals surface area (Å²) in [5.74, 6) is 0.745. The van der Waals surface area contributed by atoms with Crippen molar-refractivity contribution < 1.29 is 9.21 Å². The molecule has 0 spiro atoms. The molecule has 0 unspecified atom stereocenters. The highest BCUT2D eigenvalue weighted by molar-refractivity contribution is 6.07. The van der Waals surface area contributed by atoms with Crippen LogP contribution in [-0.4, -0.2) is 42.0 Å². The number of benzene rings is 1. The van der Waals surface area contributed by atoms with Crippen LogP contribution in [0, 0.1) is 0 Å². The van der Waals surface area contributed by atoms with Crippen molar-refractivity contribution in [3.8, 4) is 11.5 Å². The number of pyridine rings is 1. The van der Waals surface area contributed by atoms with Crippen LogP contribution in [0.5, 0.6) is 0 Å². The Kier molecular flexibility index (Phi) is 4.24. The predicted molar refractivity (Wildman–Crippen MR) is 97.4 cm³/mol. The fraction of sp³-hybridized carbons (Fsp3) is 0.300. The van der Waals surface area contributed by atoms with E-state index in [9.17, 15) is 4.79 Å². The Morgan fingerprint density at radius 2 is 2.00 bits per heavy atom. The van der Waals surface area contributed by atoms with Crippen LogP contribution in [0.15, 0.2) is 53.1 Å². The molecule has 3 aromatic rings. The Balaban J connectivity index is 1.74. The highest BCUT2D eigenvalue weighted by atomic mass is 16.3. The van der Waals surface area contributed by atoms with Gasteiger partial charge in [-0.05, 0) is 44.2 Å². The van der Waals surface area contributed by atoms with Crippen molar-refractivity contribution in [3.05, 3.63) is 54.3 Å². The maximum Gasteiger partial charge on any atom is 0.254 e. The highest BCUT2D eigenvalue weighted by Gasteiger charge is 2.24. The van der Waals surface area contributed by atoms with E-state index in [1.807, 2.05) is 54.4 Å². The number of hydrogen-bond acceptors (Lipinski definition) is 4. The number of fused-ring (bicyclic) bond motifs is 1. The van der Waals surface area contributed by atoms with Crippen LogP contribution in [0.2, 0.25) is 0 Å². The van der Waals surface area contributed by atoms with E-state index in [2.05, 4.69) is 10.3 Å². The van der Waals surface area contributed by atoms with E-state index < -0.39 is 0 Å². The predicted octanol–water partition coefficient (Wildman–Crippen LogP) is 3.32. The molecule has 1 N–H and O–H groups in total. The lowest BCUT2D eigenvalue weighted by atomic mass is 10.0. The smallest absolute Gasteiger partial charge is 0.254 e. The molecule has 0 atom stereocenters. The van der Waals surface area contributed by atoms with Crippen molar-refractivity contribution in [1.82, 2.24) is 15.2 Å². The zero-order valence-corrected chi connectivity index (χ0v) is 14.2. The number of furan rings is 1. The third kappa shape index (κ3) is 3.03. The van der Waals surface area contributed by atoms with Crippen LogP contribution in [-0.2, 0) is 0 Å². The average Bonchev–Trinajstić information content (AvgIpc) is 3.21. The zero-order valence-electron chi connectivity index (χ0n) is 14.2. The molecule has 3 heterocycles. The zero-order chi connectivity index (χ0) is 17.2. The highest BCUT2D eigenvalue weighted by Crippen LogP contribution is 2.27. The molecule has 1 aliphatic rings. The van der Waals surface area contributed by atoms with Crippen LogP contribution >= 0.6 is 0 Å². The number of nitrogens with zero attached hydrogens (tertiary/aromatic N) is 2. The second kappa shape index (κ2) is 6.69. The lowest BCUT2D eigenvalue weighted by Gasteiger charge is -2.32. The number of likely N-dealkylation sites (tertiary alicyclic amines) is 1. The van der Waals surface area contributed by atoms with Crippen LogP contribution in [0.3, 0.4) is 0 Å². The first-order valence-corrected chi connectivity index (χ1v) is 8.66. The summed E-state index contributed by atoms with van der Waals surface area (Å²) in [7, 11) is 1.98. The van der Waals surface area contributed by atoms with E-state index >= 15 is 0 Å². The van der Waals surface area contributed by atoms with E-state index in [0.717, 1.165) is 36.8 Å². The van der Waals surface area contributed by atoms with Gasteiger partial charge >= 0.3 is 0 Å². The van der Waals surface area contributed by atoms with Crippen molar-refractivity contribution in [2.45, 2.75) is 18.9 Å². The summed E-state index contributed by atoms with van der Waals surface area (Å²) in [6.45, 7) is 1.55. The molecule has 1 fully saturated rings. The number of para-hydroxylation sites is 1. The van der Waals surface area contributed by atoms with Gasteiger partial charge in [0.25, 0.3) is 5.91 Å². The SMILES string of the molecule is CNC1CCN(C(=O)c2cc(-c3ccco3)nc3ccccc23)CC1. The molecule has 0 bridgehead atoms. The van der Waals surface area contributed by atoms with Gasteiger partial charge in [0.05, 0.1) is 17.3 Å². The van der Waals surface area contributed by atoms with E-state index in [1.165, 1.54) is 0 Å². The second-order valence-electron chi connectivity index (χ2n) is 6.40.